The maximum absolute atomic E-state index is 4.04. The van der Waals surface area contributed by atoms with Gasteiger partial charge in [-0.05, 0) is 49.9 Å². The molecule has 1 N–H and O–H groups in total. The van der Waals surface area contributed by atoms with E-state index in [0.717, 1.165) is 12.5 Å². The molecular weight excluding hydrogens is 160 g/mol. The van der Waals surface area contributed by atoms with Crippen molar-refractivity contribution in [3.63, 3.8) is 0 Å². The maximum atomic E-state index is 4.04. The van der Waals surface area contributed by atoms with Gasteiger partial charge in [-0.2, -0.15) is 0 Å². The summed E-state index contributed by atoms with van der Waals surface area (Å²) in [4.78, 5) is 4.04. The number of pyridine rings is 1. The molecule has 0 bridgehead atoms. The van der Waals surface area contributed by atoms with E-state index >= 15 is 0 Å². The van der Waals surface area contributed by atoms with E-state index in [-0.39, 0.29) is 0 Å². The van der Waals surface area contributed by atoms with Crippen LogP contribution in [0.1, 0.15) is 31.2 Å². The molecule has 1 aliphatic heterocycles. The van der Waals surface area contributed by atoms with Crippen LogP contribution in [0.3, 0.4) is 0 Å². The first-order valence-electron chi connectivity index (χ1n) is 4.99. The SMILES string of the molecule is CC1CC(c2ccncc2)CCN1. The second kappa shape index (κ2) is 3.88. The number of piperidine rings is 1. The number of aromatic nitrogens is 1. The Morgan fingerprint density at radius 2 is 2.15 bits per heavy atom. The zero-order chi connectivity index (χ0) is 9.10. The van der Waals surface area contributed by atoms with Gasteiger partial charge in [-0.3, -0.25) is 4.98 Å². The molecule has 1 aromatic heterocycles. The van der Waals surface area contributed by atoms with Crippen molar-refractivity contribution in [3.8, 4) is 0 Å². The Labute approximate surface area is 79.4 Å². The van der Waals surface area contributed by atoms with Crippen molar-refractivity contribution in [2.75, 3.05) is 6.54 Å². The topological polar surface area (TPSA) is 24.9 Å². The molecule has 2 rings (SSSR count). The molecule has 1 saturated heterocycles. The Hall–Kier alpha value is -0.890. The lowest BCUT2D eigenvalue weighted by Gasteiger charge is -2.28. The molecule has 13 heavy (non-hydrogen) atoms. The highest BCUT2D eigenvalue weighted by Gasteiger charge is 2.19. The molecule has 0 aromatic carbocycles. The predicted molar refractivity (Wildman–Crippen MR) is 53.7 cm³/mol. The number of nitrogens with one attached hydrogen (secondary N) is 1. The molecule has 2 heterocycles. The second-order valence-electron chi connectivity index (χ2n) is 3.86. The summed E-state index contributed by atoms with van der Waals surface area (Å²) in [6.07, 6.45) is 6.29. The molecule has 0 spiro atoms. The van der Waals surface area contributed by atoms with Crippen LogP contribution in [-0.2, 0) is 0 Å². The summed E-state index contributed by atoms with van der Waals surface area (Å²) in [5.41, 5.74) is 1.45. The highest BCUT2D eigenvalue weighted by molar-refractivity contribution is 5.16. The molecule has 2 unspecified atom stereocenters. The molecule has 0 amide bonds. The second-order valence-corrected chi connectivity index (χ2v) is 3.86. The molecule has 1 aliphatic rings. The Bertz CT molecular complexity index is 258. The van der Waals surface area contributed by atoms with Gasteiger partial charge in [0.1, 0.15) is 0 Å². The van der Waals surface area contributed by atoms with Gasteiger partial charge in [0.2, 0.25) is 0 Å². The molecule has 0 aliphatic carbocycles. The third-order valence-electron chi connectivity index (χ3n) is 2.80. The molecule has 1 aromatic rings. The number of nitrogens with zero attached hydrogens (tertiary/aromatic N) is 1. The van der Waals surface area contributed by atoms with Gasteiger partial charge in [-0.25, -0.2) is 0 Å². The maximum Gasteiger partial charge on any atom is 0.0270 e. The van der Waals surface area contributed by atoms with Gasteiger partial charge in [0, 0.05) is 18.4 Å². The smallest absolute Gasteiger partial charge is 0.0270 e. The molecule has 2 nitrogen and oxygen atoms in total. The molecular formula is C11H16N2. The summed E-state index contributed by atoms with van der Waals surface area (Å²) in [6, 6.07) is 4.94. The van der Waals surface area contributed by atoms with Crippen LogP contribution < -0.4 is 5.32 Å². The lowest BCUT2D eigenvalue weighted by Crippen LogP contribution is -2.34. The van der Waals surface area contributed by atoms with E-state index in [2.05, 4.69) is 29.4 Å². The van der Waals surface area contributed by atoms with Gasteiger partial charge in [0.15, 0.2) is 0 Å². The molecule has 2 heteroatoms. The first-order valence-corrected chi connectivity index (χ1v) is 4.99. The van der Waals surface area contributed by atoms with Crippen LogP contribution in [0.15, 0.2) is 24.5 Å². The predicted octanol–water partition coefficient (Wildman–Crippen LogP) is 1.94. The minimum Gasteiger partial charge on any atom is -0.314 e. The van der Waals surface area contributed by atoms with Crippen LogP contribution in [0.25, 0.3) is 0 Å². The lowest BCUT2D eigenvalue weighted by molar-refractivity contribution is 0.381. The third kappa shape index (κ3) is 2.07. The summed E-state index contributed by atoms with van der Waals surface area (Å²) in [5, 5.41) is 3.47. The molecule has 1 fully saturated rings. The van der Waals surface area contributed by atoms with E-state index in [1.807, 2.05) is 12.4 Å². The average Bonchev–Trinajstić information content (AvgIpc) is 2.19. The van der Waals surface area contributed by atoms with Gasteiger partial charge < -0.3 is 5.32 Å². The van der Waals surface area contributed by atoms with Crippen molar-refractivity contribution in [2.24, 2.45) is 0 Å². The Morgan fingerprint density at radius 3 is 2.85 bits per heavy atom. The summed E-state index contributed by atoms with van der Waals surface area (Å²) in [6.45, 7) is 3.40. The van der Waals surface area contributed by atoms with Gasteiger partial charge in [0.05, 0.1) is 0 Å². The van der Waals surface area contributed by atoms with Crippen molar-refractivity contribution in [2.45, 2.75) is 31.7 Å². The van der Waals surface area contributed by atoms with E-state index in [1.54, 1.807) is 0 Å². The Morgan fingerprint density at radius 1 is 1.38 bits per heavy atom. The molecule has 2 atom stereocenters. The summed E-state index contributed by atoms with van der Waals surface area (Å²) >= 11 is 0. The van der Waals surface area contributed by atoms with Crippen molar-refractivity contribution in [3.05, 3.63) is 30.1 Å². The average molecular weight is 176 g/mol. The molecule has 70 valence electrons. The van der Waals surface area contributed by atoms with Crippen molar-refractivity contribution in [1.29, 1.82) is 0 Å². The van der Waals surface area contributed by atoms with Crippen LogP contribution in [0.5, 0.6) is 0 Å². The number of hydrogen-bond acceptors (Lipinski definition) is 2. The fourth-order valence-electron chi connectivity index (χ4n) is 2.07. The molecule has 0 saturated carbocycles. The van der Waals surface area contributed by atoms with E-state index in [9.17, 15) is 0 Å². The van der Waals surface area contributed by atoms with Gasteiger partial charge in [-0.15, -0.1) is 0 Å². The Balaban J connectivity index is 2.08. The van der Waals surface area contributed by atoms with Crippen molar-refractivity contribution >= 4 is 0 Å². The summed E-state index contributed by atoms with van der Waals surface area (Å²) in [7, 11) is 0. The monoisotopic (exact) mass is 176 g/mol. The largest absolute Gasteiger partial charge is 0.314 e. The fourth-order valence-corrected chi connectivity index (χ4v) is 2.07. The third-order valence-corrected chi connectivity index (χ3v) is 2.80. The van der Waals surface area contributed by atoms with Crippen LogP contribution in [-0.4, -0.2) is 17.6 Å². The summed E-state index contributed by atoms with van der Waals surface area (Å²) in [5.74, 6) is 0.735. The molecule has 0 radical (unpaired) electrons. The highest BCUT2D eigenvalue weighted by Crippen LogP contribution is 2.26. The first kappa shape index (κ1) is 8.70. The summed E-state index contributed by atoms with van der Waals surface area (Å²) < 4.78 is 0. The zero-order valence-electron chi connectivity index (χ0n) is 8.03. The number of hydrogen-bond donors (Lipinski definition) is 1. The van der Waals surface area contributed by atoms with Crippen LogP contribution >= 0.6 is 0 Å². The normalized spacial score (nSPS) is 28.7. The highest BCUT2D eigenvalue weighted by atomic mass is 14.9. The van der Waals surface area contributed by atoms with Gasteiger partial charge in [0.25, 0.3) is 0 Å². The fraction of sp³-hybridized carbons (Fsp3) is 0.545. The van der Waals surface area contributed by atoms with Crippen LogP contribution in [0, 0.1) is 0 Å². The van der Waals surface area contributed by atoms with Crippen LogP contribution in [0.4, 0.5) is 0 Å². The zero-order valence-corrected chi connectivity index (χ0v) is 8.03. The van der Waals surface area contributed by atoms with Crippen molar-refractivity contribution < 1.29 is 0 Å². The minimum absolute atomic E-state index is 0.659. The lowest BCUT2D eigenvalue weighted by atomic mass is 9.87. The van der Waals surface area contributed by atoms with E-state index in [0.29, 0.717) is 6.04 Å². The van der Waals surface area contributed by atoms with E-state index in [1.165, 1.54) is 18.4 Å². The van der Waals surface area contributed by atoms with Crippen LogP contribution in [0.2, 0.25) is 0 Å². The van der Waals surface area contributed by atoms with Gasteiger partial charge in [-0.1, -0.05) is 0 Å². The van der Waals surface area contributed by atoms with E-state index in [4.69, 9.17) is 0 Å². The standard InChI is InChI=1S/C11H16N2/c1-9-8-11(4-7-13-9)10-2-5-12-6-3-10/h2-3,5-6,9,11,13H,4,7-8H2,1H3. The quantitative estimate of drug-likeness (QED) is 0.707. The van der Waals surface area contributed by atoms with Gasteiger partial charge >= 0.3 is 0 Å². The first-order chi connectivity index (χ1) is 6.36. The Kier molecular flexibility index (Phi) is 2.60. The minimum atomic E-state index is 0.659. The van der Waals surface area contributed by atoms with E-state index < -0.39 is 0 Å². The number of rotatable bonds is 1. The van der Waals surface area contributed by atoms with Crippen molar-refractivity contribution in [1.82, 2.24) is 10.3 Å².